The number of methoxy groups -OCH3 is 2. The van der Waals surface area contributed by atoms with Crippen LogP contribution < -0.4 is 4.73 Å². The first-order valence-corrected chi connectivity index (χ1v) is 7.90. The predicted octanol–water partition coefficient (Wildman–Crippen LogP) is 2.56. The summed E-state index contributed by atoms with van der Waals surface area (Å²) in [4.78, 5) is 23.3. The molecular formula is C17H16BrNO5. The van der Waals surface area contributed by atoms with Crippen molar-refractivity contribution in [1.29, 1.82) is 0 Å². The fourth-order valence-electron chi connectivity index (χ4n) is 2.36. The Hall–Kier alpha value is -2.41. The second-order valence-corrected chi connectivity index (χ2v) is 5.83. The number of hydrogen-bond acceptors (Lipinski definition) is 5. The van der Waals surface area contributed by atoms with E-state index in [1.165, 1.54) is 14.2 Å². The molecule has 7 heteroatoms. The zero-order chi connectivity index (χ0) is 17.7. The van der Waals surface area contributed by atoms with Gasteiger partial charge in [-0.3, -0.25) is 4.79 Å². The maximum absolute atomic E-state index is 12.3. The third-order valence-corrected chi connectivity index (χ3v) is 4.21. The van der Waals surface area contributed by atoms with Crippen LogP contribution in [0.1, 0.15) is 34.0 Å². The van der Waals surface area contributed by atoms with E-state index in [0.717, 1.165) is 10.3 Å². The Kier molecular flexibility index (Phi) is 5.92. The molecule has 0 spiro atoms. The molecule has 0 aliphatic heterocycles. The Labute approximate surface area is 147 Å². The zero-order valence-electron chi connectivity index (χ0n) is 13.2. The number of pyridine rings is 1. The van der Waals surface area contributed by atoms with Gasteiger partial charge in [-0.15, -0.1) is 0 Å². The average Bonchev–Trinajstić information content (AvgIpc) is 2.61. The lowest BCUT2D eigenvalue weighted by molar-refractivity contribution is -0.626. The maximum atomic E-state index is 12.3. The lowest BCUT2D eigenvalue weighted by atomic mass is 9.91. The zero-order valence-corrected chi connectivity index (χ0v) is 14.8. The molecule has 0 bridgehead atoms. The van der Waals surface area contributed by atoms with Crippen molar-refractivity contribution in [1.82, 2.24) is 0 Å². The first-order valence-electron chi connectivity index (χ1n) is 7.11. The summed E-state index contributed by atoms with van der Waals surface area (Å²) in [5.74, 6) is -1.39. The first-order chi connectivity index (χ1) is 11.5. The number of benzene rings is 1. The molecule has 1 atom stereocenters. The van der Waals surface area contributed by atoms with Crippen molar-refractivity contribution >= 4 is 27.9 Å². The summed E-state index contributed by atoms with van der Waals surface area (Å²) in [5.41, 5.74) is 1.51. The molecule has 0 saturated carbocycles. The van der Waals surface area contributed by atoms with Crippen molar-refractivity contribution in [3.63, 3.8) is 0 Å². The van der Waals surface area contributed by atoms with Crippen LogP contribution in [0, 0.1) is 5.21 Å². The predicted molar refractivity (Wildman–Crippen MR) is 89.4 cm³/mol. The maximum Gasteiger partial charge on any atom is 0.337 e. The van der Waals surface area contributed by atoms with Gasteiger partial charge in [0.15, 0.2) is 0 Å². The molecule has 1 unspecified atom stereocenters. The molecule has 0 amide bonds. The van der Waals surface area contributed by atoms with E-state index in [2.05, 4.69) is 20.7 Å². The Morgan fingerprint density at radius 2 is 1.79 bits per heavy atom. The van der Waals surface area contributed by atoms with E-state index < -0.39 is 17.9 Å². The Morgan fingerprint density at radius 1 is 1.12 bits per heavy atom. The van der Waals surface area contributed by atoms with Gasteiger partial charge < -0.3 is 14.7 Å². The summed E-state index contributed by atoms with van der Waals surface area (Å²) in [5, 5.41) is 12.3. The molecule has 0 saturated heterocycles. The van der Waals surface area contributed by atoms with Crippen LogP contribution in [0.5, 0.6) is 0 Å². The lowest BCUT2D eigenvalue weighted by Crippen LogP contribution is -2.35. The molecule has 6 nitrogen and oxygen atoms in total. The van der Waals surface area contributed by atoms with Crippen LogP contribution in [-0.4, -0.2) is 26.2 Å². The van der Waals surface area contributed by atoms with Crippen molar-refractivity contribution in [2.75, 3.05) is 14.2 Å². The molecule has 2 rings (SSSR count). The SMILES string of the molecule is COC(=O)CC(c1ccc(C(=O)OC)cc1)c1cccc(Br)[n+]1[O-]. The van der Waals surface area contributed by atoms with Gasteiger partial charge in [0.25, 0.3) is 4.60 Å². The molecule has 0 fully saturated rings. The molecule has 0 aliphatic carbocycles. The average molecular weight is 394 g/mol. The number of esters is 2. The standard InChI is InChI=1S/C17H16BrNO5/c1-23-16(20)10-13(14-4-3-5-15(18)19(14)22)11-6-8-12(9-7-11)17(21)24-2/h3-9,13H,10H2,1-2H3. The summed E-state index contributed by atoms with van der Waals surface area (Å²) in [6, 6.07) is 11.6. The third-order valence-electron chi connectivity index (χ3n) is 3.62. The second kappa shape index (κ2) is 7.92. The topological polar surface area (TPSA) is 79.5 Å². The van der Waals surface area contributed by atoms with Crippen LogP contribution in [0.25, 0.3) is 0 Å². The van der Waals surface area contributed by atoms with Crippen molar-refractivity contribution in [2.45, 2.75) is 12.3 Å². The largest absolute Gasteiger partial charge is 0.618 e. The summed E-state index contributed by atoms with van der Waals surface area (Å²) in [6.07, 6.45) is 0.00671. The highest BCUT2D eigenvalue weighted by Gasteiger charge is 2.26. The number of aromatic nitrogens is 1. The van der Waals surface area contributed by atoms with Crippen LogP contribution in [0.3, 0.4) is 0 Å². The molecule has 0 aliphatic rings. The minimum atomic E-state index is -0.501. The highest BCUT2D eigenvalue weighted by molar-refractivity contribution is 9.10. The highest BCUT2D eigenvalue weighted by Crippen LogP contribution is 2.27. The van der Waals surface area contributed by atoms with Gasteiger partial charge in [0.05, 0.1) is 32.1 Å². The minimum absolute atomic E-state index is 0.00671. The summed E-state index contributed by atoms with van der Waals surface area (Å²) in [6.45, 7) is 0. The van der Waals surface area contributed by atoms with Crippen molar-refractivity contribution in [3.8, 4) is 0 Å². The summed E-state index contributed by atoms with van der Waals surface area (Å²) in [7, 11) is 2.60. The first kappa shape index (κ1) is 17.9. The number of rotatable bonds is 5. The second-order valence-electron chi connectivity index (χ2n) is 5.01. The summed E-state index contributed by atoms with van der Waals surface area (Å²) >= 11 is 3.18. The lowest BCUT2D eigenvalue weighted by Gasteiger charge is -2.16. The number of ether oxygens (including phenoxy) is 2. The molecule has 126 valence electrons. The number of carbonyl (C=O) groups is 2. The summed E-state index contributed by atoms with van der Waals surface area (Å²) < 4.78 is 10.5. The van der Waals surface area contributed by atoms with Gasteiger partial charge in [-0.25, -0.2) is 4.79 Å². The van der Waals surface area contributed by atoms with Crippen LogP contribution in [-0.2, 0) is 14.3 Å². The fourth-order valence-corrected chi connectivity index (χ4v) is 2.71. The van der Waals surface area contributed by atoms with E-state index in [4.69, 9.17) is 4.74 Å². The van der Waals surface area contributed by atoms with E-state index >= 15 is 0 Å². The van der Waals surface area contributed by atoms with Crippen LogP contribution in [0.2, 0.25) is 0 Å². The third kappa shape index (κ3) is 3.91. The van der Waals surface area contributed by atoms with E-state index in [1.807, 2.05) is 0 Å². The van der Waals surface area contributed by atoms with Gasteiger partial charge in [-0.1, -0.05) is 12.1 Å². The van der Waals surface area contributed by atoms with Gasteiger partial charge in [0.1, 0.15) is 0 Å². The number of carbonyl (C=O) groups excluding carboxylic acids is 2. The fraction of sp³-hybridized carbons (Fsp3) is 0.235. The van der Waals surface area contributed by atoms with E-state index in [-0.39, 0.29) is 6.42 Å². The molecule has 1 heterocycles. The molecule has 1 aromatic carbocycles. The molecule has 1 aromatic heterocycles. The van der Waals surface area contributed by atoms with Crippen molar-refractivity contribution < 1.29 is 23.8 Å². The van der Waals surface area contributed by atoms with Crippen molar-refractivity contribution in [2.24, 2.45) is 0 Å². The molecule has 0 radical (unpaired) electrons. The van der Waals surface area contributed by atoms with Gasteiger partial charge in [0.2, 0.25) is 5.69 Å². The molecule has 24 heavy (non-hydrogen) atoms. The molecular weight excluding hydrogens is 378 g/mol. The van der Waals surface area contributed by atoms with Crippen LogP contribution in [0.4, 0.5) is 0 Å². The highest BCUT2D eigenvalue weighted by atomic mass is 79.9. The van der Waals surface area contributed by atoms with Gasteiger partial charge in [-0.05, 0) is 23.8 Å². The van der Waals surface area contributed by atoms with Crippen LogP contribution in [0.15, 0.2) is 47.1 Å². The number of hydrogen-bond donors (Lipinski definition) is 0. The number of nitrogens with zero attached hydrogens (tertiary/aromatic N) is 1. The smallest absolute Gasteiger partial charge is 0.337 e. The van der Waals surface area contributed by atoms with Crippen molar-refractivity contribution in [3.05, 3.63) is 69.1 Å². The van der Waals surface area contributed by atoms with E-state index in [9.17, 15) is 14.8 Å². The number of halogens is 1. The normalized spacial score (nSPS) is 11.6. The van der Waals surface area contributed by atoms with E-state index in [0.29, 0.717) is 15.9 Å². The van der Waals surface area contributed by atoms with Gasteiger partial charge in [0, 0.05) is 28.1 Å². The van der Waals surface area contributed by atoms with Gasteiger partial charge >= 0.3 is 11.9 Å². The molecule has 0 N–H and O–H groups in total. The minimum Gasteiger partial charge on any atom is -0.618 e. The van der Waals surface area contributed by atoms with E-state index in [1.54, 1.807) is 42.5 Å². The Balaban J connectivity index is 2.44. The Bertz CT molecular complexity index is 745. The van der Waals surface area contributed by atoms with Gasteiger partial charge in [-0.2, -0.15) is 4.73 Å². The Morgan fingerprint density at radius 3 is 2.38 bits per heavy atom. The monoisotopic (exact) mass is 393 g/mol. The van der Waals surface area contributed by atoms with Crippen LogP contribution >= 0.6 is 15.9 Å². The quantitative estimate of drug-likeness (QED) is 0.337. The molecule has 2 aromatic rings.